The molecule has 3 fully saturated rings. The fourth-order valence-corrected chi connectivity index (χ4v) is 5.49. The molecule has 0 saturated carbocycles. The molecular formula is C24H21FN2O5. The number of ketones is 1. The summed E-state index contributed by atoms with van der Waals surface area (Å²) in [6, 6.07) is 10.5. The van der Waals surface area contributed by atoms with Crippen molar-refractivity contribution in [3.63, 3.8) is 0 Å². The second-order valence-corrected chi connectivity index (χ2v) is 8.34. The van der Waals surface area contributed by atoms with Gasteiger partial charge >= 0.3 is 5.97 Å². The van der Waals surface area contributed by atoms with Crippen LogP contribution >= 0.6 is 0 Å². The Labute approximate surface area is 183 Å². The number of imide groups is 1. The van der Waals surface area contributed by atoms with Gasteiger partial charge in [0.15, 0.2) is 5.78 Å². The van der Waals surface area contributed by atoms with Gasteiger partial charge in [0.05, 0.1) is 36.2 Å². The summed E-state index contributed by atoms with van der Waals surface area (Å²) in [6.07, 6.45) is 1.53. The number of esters is 1. The van der Waals surface area contributed by atoms with Gasteiger partial charge in [-0.2, -0.15) is 0 Å². The van der Waals surface area contributed by atoms with E-state index in [2.05, 4.69) is 0 Å². The van der Waals surface area contributed by atoms with Crippen LogP contribution in [0.4, 0.5) is 10.1 Å². The van der Waals surface area contributed by atoms with Crippen molar-refractivity contribution in [3.8, 4) is 0 Å². The molecule has 2 aromatic rings. The highest BCUT2D eigenvalue weighted by Gasteiger charge is 2.65. The summed E-state index contributed by atoms with van der Waals surface area (Å²) in [6.45, 7) is 0.620. The number of hydrogen-bond acceptors (Lipinski definition) is 6. The maximum Gasteiger partial charge on any atom is 0.339 e. The highest BCUT2D eigenvalue weighted by atomic mass is 19.1. The number of carbonyl (C=O) groups excluding carboxylic acids is 4. The molecule has 3 aliphatic rings. The van der Waals surface area contributed by atoms with Gasteiger partial charge in [0.25, 0.3) is 0 Å². The molecule has 32 heavy (non-hydrogen) atoms. The first-order valence-electron chi connectivity index (χ1n) is 10.5. The Morgan fingerprint density at radius 1 is 1.00 bits per heavy atom. The number of benzene rings is 2. The van der Waals surface area contributed by atoms with Gasteiger partial charge in [-0.25, -0.2) is 14.1 Å². The molecule has 0 spiro atoms. The van der Waals surface area contributed by atoms with E-state index in [4.69, 9.17) is 4.74 Å². The number of fused-ring (bicyclic) bond motifs is 3. The van der Waals surface area contributed by atoms with Gasteiger partial charge in [-0.15, -0.1) is 0 Å². The number of para-hydroxylation sites is 1. The highest BCUT2D eigenvalue weighted by Crippen LogP contribution is 2.48. The smallest absolute Gasteiger partial charge is 0.339 e. The van der Waals surface area contributed by atoms with Gasteiger partial charge in [-0.1, -0.05) is 12.1 Å². The Balaban J connectivity index is 1.56. The third kappa shape index (κ3) is 2.90. The quantitative estimate of drug-likeness (QED) is 0.416. The summed E-state index contributed by atoms with van der Waals surface area (Å²) >= 11 is 0. The predicted octanol–water partition coefficient (Wildman–Crippen LogP) is 2.45. The van der Waals surface area contributed by atoms with Crippen LogP contribution in [0.25, 0.3) is 0 Å². The van der Waals surface area contributed by atoms with Crippen LogP contribution in [-0.4, -0.2) is 54.2 Å². The SMILES string of the molecule is COC(=O)c1ccccc1N1C(=O)[C@@H]2[C@H](C1=O)[C@H](C(=O)c1ccc(F)cc1)N1CCC[C@@H]21. The number of nitrogens with zero attached hydrogens (tertiary/aromatic N) is 2. The van der Waals surface area contributed by atoms with Crippen LogP contribution in [0.1, 0.15) is 33.6 Å². The fraction of sp³-hybridized carbons (Fsp3) is 0.333. The molecule has 3 saturated heterocycles. The number of amides is 2. The molecule has 0 N–H and O–H groups in total. The zero-order valence-electron chi connectivity index (χ0n) is 17.4. The summed E-state index contributed by atoms with van der Waals surface area (Å²) in [5.41, 5.74) is 0.582. The van der Waals surface area contributed by atoms with E-state index in [1.54, 1.807) is 12.1 Å². The lowest BCUT2D eigenvalue weighted by Gasteiger charge is -2.28. The molecule has 2 aromatic carbocycles. The van der Waals surface area contributed by atoms with Crippen molar-refractivity contribution in [1.82, 2.24) is 4.90 Å². The lowest BCUT2D eigenvalue weighted by atomic mass is 9.85. The zero-order valence-corrected chi connectivity index (χ0v) is 17.4. The number of methoxy groups -OCH3 is 1. The van der Waals surface area contributed by atoms with E-state index >= 15 is 0 Å². The highest BCUT2D eigenvalue weighted by molar-refractivity contribution is 6.26. The van der Waals surface area contributed by atoms with Crippen LogP contribution in [0.2, 0.25) is 0 Å². The number of anilines is 1. The molecule has 7 nitrogen and oxygen atoms in total. The molecule has 0 radical (unpaired) electrons. The number of ether oxygens (including phenoxy) is 1. The van der Waals surface area contributed by atoms with Gasteiger partial charge in [-0.3, -0.25) is 19.3 Å². The van der Waals surface area contributed by atoms with Gasteiger partial charge < -0.3 is 4.74 Å². The molecule has 0 bridgehead atoms. The molecule has 0 aromatic heterocycles. The summed E-state index contributed by atoms with van der Waals surface area (Å²) in [5.74, 6) is -3.81. The molecule has 2 amide bonds. The lowest BCUT2D eigenvalue weighted by Crippen LogP contribution is -2.46. The molecule has 3 heterocycles. The van der Waals surface area contributed by atoms with Gasteiger partial charge in [-0.05, 0) is 55.8 Å². The molecule has 164 valence electrons. The van der Waals surface area contributed by atoms with E-state index in [0.717, 1.165) is 11.3 Å². The van der Waals surface area contributed by atoms with Crippen molar-refractivity contribution in [2.75, 3.05) is 18.6 Å². The topological polar surface area (TPSA) is 84.0 Å². The van der Waals surface area contributed by atoms with Gasteiger partial charge in [0.2, 0.25) is 11.8 Å². The van der Waals surface area contributed by atoms with Crippen LogP contribution < -0.4 is 4.90 Å². The van der Waals surface area contributed by atoms with E-state index in [-0.39, 0.29) is 23.1 Å². The van der Waals surface area contributed by atoms with E-state index in [1.165, 1.54) is 43.5 Å². The van der Waals surface area contributed by atoms with Crippen molar-refractivity contribution in [1.29, 1.82) is 0 Å². The van der Waals surface area contributed by atoms with Crippen molar-refractivity contribution >= 4 is 29.3 Å². The van der Waals surface area contributed by atoms with Gasteiger partial charge in [0, 0.05) is 11.6 Å². The third-order valence-electron chi connectivity index (χ3n) is 6.80. The van der Waals surface area contributed by atoms with Crippen molar-refractivity contribution in [2.45, 2.75) is 24.9 Å². The summed E-state index contributed by atoms with van der Waals surface area (Å²) in [5, 5.41) is 0. The maximum atomic E-state index is 13.6. The van der Waals surface area contributed by atoms with E-state index < -0.39 is 41.5 Å². The number of rotatable bonds is 4. The Kier molecular flexibility index (Phi) is 4.89. The van der Waals surface area contributed by atoms with Crippen LogP contribution in [0.15, 0.2) is 48.5 Å². The average Bonchev–Trinajstić information content (AvgIpc) is 3.45. The minimum atomic E-state index is -0.851. The Morgan fingerprint density at radius 2 is 1.69 bits per heavy atom. The van der Waals surface area contributed by atoms with Crippen LogP contribution in [-0.2, 0) is 14.3 Å². The summed E-state index contributed by atoms with van der Waals surface area (Å²) < 4.78 is 18.2. The molecule has 0 unspecified atom stereocenters. The van der Waals surface area contributed by atoms with Gasteiger partial charge in [0.1, 0.15) is 5.82 Å². The maximum absolute atomic E-state index is 13.6. The van der Waals surface area contributed by atoms with Crippen LogP contribution in [0, 0.1) is 17.7 Å². The predicted molar refractivity (Wildman–Crippen MR) is 112 cm³/mol. The number of Topliss-reactive ketones (excluding diaryl/α,β-unsaturated/α-hetero) is 1. The minimum absolute atomic E-state index is 0.112. The molecule has 5 rings (SSSR count). The second-order valence-electron chi connectivity index (χ2n) is 8.34. The monoisotopic (exact) mass is 436 g/mol. The fourth-order valence-electron chi connectivity index (χ4n) is 5.49. The number of carbonyl (C=O) groups is 4. The molecule has 0 aliphatic carbocycles. The first-order valence-corrected chi connectivity index (χ1v) is 10.5. The molecular weight excluding hydrogens is 415 g/mol. The van der Waals surface area contributed by atoms with E-state index in [1.807, 2.05) is 4.90 Å². The Bertz CT molecular complexity index is 1130. The van der Waals surface area contributed by atoms with Crippen molar-refractivity contribution in [3.05, 3.63) is 65.5 Å². The molecule has 3 aliphatic heterocycles. The van der Waals surface area contributed by atoms with Crippen molar-refractivity contribution in [2.24, 2.45) is 11.8 Å². The molecule has 4 atom stereocenters. The van der Waals surface area contributed by atoms with Crippen molar-refractivity contribution < 1.29 is 28.3 Å². The summed E-state index contributed by atoms with van der Waals surface area (Å²) in [7, 11) is 1.23. The van der Waals surface area contributed by atoms with E-state index in [0.29, 0.717) is 18.5 Å². The molecule has 8 heteroatoms. The first-order chi connectivity index (χ1) is 15.4. The lowest BCUT2D eigenvalue weighted by molar-refractivity contribution is -0.123. The minimum Gasteiger partial charge on any atom is -0.465 e. The third-order valence-corrected chi connectivity index (χ3v) is 6.80. The van der Waals surface area contributed by atoms with Crippen LogP contribution in [0.5, 0.6) is 0 Å². The number of halogens is 1. The Morgan fingerprint density at radius 3 is 2.41 bits per heavy atom. The first kappa shape index (κ1) is 20.5. The zero-order chi connectivity index (χ0) is 22.6. The second kappa shape index (κ2) is 7.63. The Hall–Kier alpha value is -3.39. The largest absolute Gasteiger partial charge is 0.465 e. The summed E-state index contributed by atoms with van der Waals surface area (Å²) in [4.78, 5) is 55.8. The van der Waals surface area contributed by atoms with E-state index in [9.17, 15) is 23.6 Å². The standard InChI is InChI=1S/C24H21FN2O5/c1-32-24(31)15-5-2-3-6-16(15)27-22(29)18-17-7-4-12-26(17)20(19(18)23(27)30)21(28)13-8-10-14(25)11-9-13/h2-3,5-6,8-11,17-20H,4,7,12H2,1H3/t17-,18-,19-,20+/m0/s1. The van der Waals surface area contributed by atoms with Crippen LogP contribution in [0.3, 0.4) is 0 Å². The normalized spacial score (nSPS) is 26.9. The number of hydrogen-bond donors (Lipinski definition) is 0. The average molecular weight is 436 g/mol.